The number of carbonyl (C=O) groups excluding carboxylic acids is 1. The number of hydrogen-bond acceptors (Lipinski definition) is 5. The second-order valence-corrected chi connectivity index (χ2v) is 9.59. The standard InChI is InChI=1S/C21H22BrN3O2S/c1-3-11(2)28-21-24-19-18(20(27)25-21)16(12-6-4-7-13(22)10-12)17-14(23-19)8-5-9-15(17)26/h4,6-7,10-11,16H,3,5,8-9H2,1-2H3,(H2,23,24,25,27). The molecule has 0 amide bonds. The maximum absolute atomic E-state index is 13.1. The number of ketones is 1. The minimum absolute atomic E-state index is 0.113. The van der Waals surface area contributed by atoms with Crippen molar-refractivity contribution >= 4 is 39.3 Å². The van der Waals surface area contributed by atoms with Crippen molar-refractivity contribution < 1.29 is 4.79 Å². The quantitative estimate of drug-likeness (QED) is 0.497. The Balaban J connectivity index is 1.90. The van der Waals surface area contributed by atoms with Crippen LogP contribution in [0.25, 0.3) is 0 Å². The predicted octanol–water partition coefficient (Wildman–Crippen LogP) is 4.99. The van der Waals surface area contributed by atoms with Crippen LogP contribution in [-0.2, 0) is 4.79 Å². The number of Topliss-reactive ketones (excluding diaryl/α,β-unsaturated/α-hetero) is 1. The Morgan fingerprint density at radius 1 is 1.32 bits per heavy atom. The van der Waals surface area contributed by atoms with Crippen LogP contribution in [0.4, 0.5) is 5.82 Å². The van der Waals surface area contributed by atoms with Gasteiger partial charge in [-0.25, -0.2) is 4.98 Å². The molecule has 7 heteroatoms. The van der Waals surface area contributed by atoms with Gasteiger partial charge in [0.05, 0.1) is 5.56 Å². The number of carbonyl (C=O) groups is 1. The number of H-pyrrole nitrogens is 1. The van der Waals surface area contributed by atoms with E-state index in [9.17, 15) is 9.59 Å². The number of benzene rings is 1. The molecular formula is C21H22BrN3O2S. The van der Waals surface area contributed by atoms with Crippen LogP contribution in [0.2, 0.25) is 0 Å². The van der Waals surface area contributed by atoms with Crippen molar-refractivity contribution in [3.05, 3.63) is 61.5 Å². The first kappa shape index (κ1) is 19.5. The van der Waals surface area contributed by atoms with E-state index in [-0.39, 0.29) is 11.3 Å². The summed E-state index contributed by atoms with van der Waals surface area (Å²) in [4.78, 5) is 33.6. The van der Waals surface area contributed by atoms with E-state index in [0.29, 0.717) is 33.8 Å². The summed E-state index contributed by atoms with van der Waals surface area (Å²) in [5.74, 6) is 0.297. The Kier molecular flexibility index (Phi) is 5.47. The molecule has 146 valence electrons. The minimum atomic E-state index is -0.393. The summed E-state index contributed by atoms with van der Waals surface area (Å²) in [6.45, 7) is 4.22. The molecule has 2 atom stereocenters. The van der Waals surface area contributed by atoms with E-state index in [1.165, 1.54) is 0 Å². The van der Waals surface area contributed by atoms with E-state index in [4.69, 9.17) is 4.98 Å². The van der Waals surface area contributed by atoms with Gasteiger partial charge in [-0.2, -0.15) is 0 Å². The Labute approximate surface area is 176 Å². The molecule has 28 heavy (non-hydrogen) atoms. The van der Waals surface area contributed by atoms with Crippen molar-refractivity contribution in [3.8, 4) is 0 Å². The number of nitrogens with one attached hydrogen (secondary N) is 2. The van der Waals surface area contributed by atoms with Crippen LogP contribution >= 0.6 is 27.7 Å². The smallest absolute Gasteiger partial charge is 0.257 e. The number of fused-ring (bicyclic) bond motifs is 1. The molecule has 2 heterocycles. The van der Waals surface area contributed by atoms with Crippen LogP contribution in [0.5, 0.6) is 0 Å². The van der Waals surface area contributed by atoms with E-state index in [2.05, 4.69) is 40.1 Å². The van der Waals surface area contributed by atoms with Crippen LogP contribution in [0, 0.1) is 0 Å². The highest BCUT2D eigenvalue weighted by molar-refractivity contribution is 9.10. The predicted molar refractivity (Wildman–Crippen MR) is 116 cm³/mol. The second kappa shape index (κ2) is 7.87. The number of rotatable bonds is 4. The third-order valence-electron chi connectivity index (χ3n) is 5.31. The Hall–Kier alpha value is -1.86. The maximum atomic E-state index is 13.1. The molecular weight excluding hydrogens is 438 g/mol. The number of aromatic nitrogens is 2. The fourth-order valence-corrected chi connectivity index (χ4v) is 5.05. The van der Waals surface area contributed by atoms with Crippen molar-refractivity contribution in [2.24, 2.45) is 0 Å². The van der Waals surface area contributed by atoms with Gasteiger partial charge in [0.1, 0.15) is 5.82 Å². The molecule has 0 radical (unpaired) electrons. The van der Waals surface area contributed by atoms with Crippen LogP contribution in [0.3, 0.4) is 0 Å². The van der Waals surface area contributed by atoms with Gasteiger partial charge in [-0.15, -0.1) is 0 Å². The van der Waals surface area contributed by atoms with Gasteiger partial charge in [0.15, 0.2) is 10.9 Å². The van der Waals surface area contributed by atoms with Gasteiger partial charge >= 0.3 is 0 Å². The van der Waals surface area contributed by atoms with E-state index in [1.807, 2.05) is 24.3 Å². The van der Waals surface area contributed by atoms with Gasteiger partial charge in [-0.3, -0.25) is 9.59 Å². The van der Waals surface area contributed by atoms with Gasteiger partial charge in [0, 0.05) is 33.3 Å². The number of anilines is 1. The number of nitrogens with zero attached hydrogens (tertiary/aromatic N) is 1. The lowest BCUT2D eigenvalue weighted by atomic mass is 9.76. The summed E-state index contributed by atoms with van der Waals surface area (Å²) in [5.41, 5.74) is 2.89. The Morgan fingerprint density at radius 2 is 2.14 bits per heavy atom. The average molecular weight is 460 g/mol. The molecule has 5 nitrogen and oxygen atoms in total. The van der Waals surface area contributed by atoms with Crippen molar-refractivity contribution in [1.82, 2.24) is 9.97 Å². The van der Waals surface area contributed by atoms with Crippen molar-refractivity contribution in [2.75, 3.05) is 5.32 Å². The first-order chi connectivity index (χ1) is 13.5. The van der Waals surface area contributed by atoms with Crippen LogP contribution in [0.15, 0.2) is 50.0 Å². The molecule has 1 aliphatic heterocycles. The summed E-state index contributed by atoms with van der Waals surface area (Å²) in [6, 6.07) is 7.83. The molecule has 1 aromatic heterocycles. The highest BCUT2D eigenvalue weighted by atomic mass is 79.9. The van der Waals surface area contributed by atoms with E-state index >= 15 is 0 Å². The third kappa shape index (κ3) is 3.57. The van der Waals surface area contributed by atoms with Crippen molar-refractivity contribution in [3.63, 3.8) is 0 Å². The van der Waals surface area contributed by atoms with Crippen molar-refractivity contribution in [2.45, 2.75) is 55.9 Å². The molecule has 0 fully saturated rings. The molecule has 2 aliphatic rings. The summed E-state index contributed by atoms with van der Waals surface area (Å²) < 4.78 is 0.920. The molecule has 2 N–H and O–H groups in total. The lowest BCUT2D eigenvalue weighted by molar-refractivity contribution is -0.116. The van der Waals surface area contributed by atoms with Crippen LogP contribution < -0.4 is 10.9 Å². The zero-order valence-electron chi connectivity index (χ0n) is 15.8. The van der Waals surface area contributed by atoms with Gasteiger partial charge in [0.2, 0.25) is 0 Å². The third-order valence-corrected chi connectivity index (χ3v) is 6.95. The second-order valence-electron chi connectivity index (χ2n) is 7.25. The van der Waals surface area contributed by atoms with Gasteiger partial charge in [0.25, 0.3) is 5.56 Å². The zero-order valence-corrected chi connectivity index (χ0v) is 18.2. The van der Waals surface area contributed by atoms with Crippen LogP contribution in [-0.4, -0.2) is 21.0 Å². The van der Waals surface area contributed by atoms with Gasteiger partial charge in [-0.1, -0.05) is 53.7 Å². The van der Waals surface area contributed by atoms with Gasteiger partial charge < -0.3 is 10.3 Å². The average Bonchev–Trinajstić information content (AvgIpc) is 2.66. The first-order valence-electron chi connectivity index (χ1n) is 9.57. The Morgan fingerprint density at radius 3 is 2.89 bits per heavy atom. The molecule has 2 aromatic rings. The largest absolute Gasteiger partial charge is 0.343 e. The number of allylic oxidation sites excluding steroid dienone is 2. The molecule has 4 rings (SSSR count). The van der Waals surface area contributed by atoms with E-state index < -0.39 is 5.92 Å². The maximum Gasteiger partial charge on any atom is 0.257 e. The molecule has 2 unspecified atom stereocenters. The summed E-state index contributed by atoms with van der Waals surface area (Å²) in [7, 11) is 0. The normalized spacial score (nSPS) is 19.7. The molecule has 0 spiro atoms. The topological polar surface area (TPSA) is 74.8 Å². The highest BCUT2D eigenvalue weighted by Gasteiger charge is 2.37. The molecule has 0 saturated heterocycles. The molecule has 0 bridgehead atoms. The molecule has 1 aromatic carbocycles. The lowest BCUT2D eigenvalue weighted by Crippen LogP contribution is -2.32. The van der Waals surface area contributed by atoms with Crippen LogP contribution in [0.1, 0.15) is 56.6 Å². The fourth-order valence-electron chi connectivity index (χ4n) is 3.79. The number of hydrogen-bond donors (Lipinski definition) is 2. The SMILES string of the molecule is CCC(C)Sc1nc2c(c(=O)[nH]1)C(c1cccc(Br)c1)C1=C(CCCC1=O)N2. The monoisotopic (exact) mass is 459 g/mol. The number of thioether (sulfide) groups is 1. The number of aromatic amines is 1. The molecule has 0 saturated carbocycles. The zero-order chi connectivity index (χ0) is 19.8. The Bertz CT molecular complexity index is 1030. The summed E-state index contributed by atoms with van der Waals surface area (Å²) >= 11 is 5.08. The first-order valence-corrected chi connectivity index (χ1v) is 11.2. The van der Waals surface area contributed by atoms with Gasteiger partial charge in [-0.05, 0) is 37.0 Å². The van der Waals surface area contributed by atoms with E-state index in [1.54, 1.807) is 11.8 Å². The minimum Gasteiger partial charge on any atom is -0.343 e. The lowest BCUT2D eigenvalue weighted by Gasteiger charge is -2.33. The number of halogens is 1. The van der Waals surface area contributed by atoms with E-state index in [0.717, 1.165) is 35.0 Å². The summed E-state index contributed by atoms with van der Waals surface area (Å²) in [5, 5.41) is 4.29. The molecule has 1 aliphatic carbocycles. The summed E-state index contributed by atoms with van der Waals surface area (Å²) in [6.07, 6.45) is 3.13. The fraction of sp³-hybridized carbons (Fsp3) is 0.381. The highest BCUT2D eigenvalue weighted by Crippen LogP contribution is 2.43. The van der Waals surface area contributed by atoms with Crippen molar-refractivity contribution in [1.29, 1.82) is 0 Å².